The van der Waals surface area contributed by atoms with Gasteiger partial charge in [0.1, 0.15) is 11.5 Å². The van der Waals surface area contributed by atoms with E-state index in [1.165, 1.54) is 18.2 Å². The van der Waals surface area contributed by atoms with Crippen molar-refractivity contribution in [3.05, 3.63) is 47.5 Å². The van der Waals surface area contributed by atoms with Gasteiger partial charge in [0.2, 0.25) is 0 Å². The number of carbonyl (C=O) groups excluding carboxylic acids is 1. The van der Waals surface area contributed by atoms with Crippen molar-refractivity contribution < 1.29 is 22.7 Å². The third-order valence-electron chi connectivity index (χ3n) is 4.09. The third-order valence-corrected chi connectivity index (χ3v) is 5.77. The van der Waals surface area contributed by atoms with Gasteiger partial charge in [-0.25, -0.2) is 8.42 Å². The van der Waals surface area contributed by atoms with E-state index in [-0.39, 0.29) is 28.2 Å². The summed E-state index contributed by atoms with van der Waals surface area (Å²) in [4.78, 5) is 11.8. The van der Waals surface area contributed by atoms with E-state index < -0.39 is 10.0 Å². The Labute approximate surface area is 182 Å². The number of benzene rings is 2. The van der Waals surface area contributed by atoms with Crippen molar-refractivity contribution in [3.63, 3.8) is 0 Å². The zero-order valence-electron chi connectivity index (χ0n) is 17.1. The normalized spacial score (nSPS) is 11.0. The van der Waals surface area contributed by atoms with E-state index in [1.807, 2.05) is 6.92 Å². The van der Waals surface area contributed by atoms with Crippen LogP contribution in [0, 0.1) is 0 Å². The smallest absolute Gasteiger partial charge is 0.261 e. The minimum atomic E-state index is -3.84. The summed E-state index contributed by atoms with van der Waals surface area (Å²) in [6, 6.07) is 10.7. The summed E-state index contributed by atoms with van der Waals surface area (Å²) in [6.07, 6.45) is 3.04. The molecule has 7 nitrogen and oxygen atoms in total. The molecule has 0 fully saturated rings. The van der Waals surface area contributed by atoms with Crippen molar-refractivity contribution in [2.45, 2.75) is 38.0 Å². The molecular weight excluding hydrogens is 428 g/mol. The summed E-state index contributed by atoms with van der Waals surface area (Å²) in [5.41, 5.74) is 0.398. The van der Waals surface area contributed by atoms with Crippen LogP contribution >= 0.6 is 11.6 Å². The molecule has 0 saturated heterocycles. The molecule has 2 aromatic rings. The maximum absolute atomic E-state index is 12.6. The lowest BCUT2D eigenvalue weighted by Gasteiger charge is -2.12. The lowest BCUT2D eigenvalue weighted by atomic mass is 10.2. The fourth-order valence-electron chi connectivity index (χ4n) is 2.56. The number of hydrogen-bond acceptors (Lipinski definition) is 5. The van der Waals surface area contributed by atoms with Crippen molar-refractivity contribution in [3.8, 4) is 11.5 Å². The van der Waals surface area contributed by atoms with Gasteiger partial charge in [0.05, 0.1) is 16.5 Å². The fourth-order valence-corrected chi connectivity index (χ4v) is 3.95. The minimum absolute atomic E-state index is 0.0160. The number of amides is 1. The average Bonchev–Trinajstić information content (AvgIpc) is 2.71. The standard InChI is InChI=1S/C21H27ClN2O5S/c1-3-5-6-13-23-21(25)15-29-20-12-11-18(14-19(20)22)30(26,27)24-16-7-9-17(10-8-16)28-4-2/h7-12,14,24H,3-6,13,15H2,1-2H3,(H,23,25). The summed E-state index contributed by atoms with van der Waals surface area (Å²) in [5.74, 6) is 0.635. The van der Waals surface area contributed by atoms with Gasteiger partial charge < -0.3 is 14.8 Å². The van der Waals surface area contributed by atoms with Gasteiger partial charge in [0, 0.05) is 12.2 Å². The van der Waals surface area contributed by atoms with Crippen molar-refractivity contribution in [1.29, 1.82) is 0 Å². The molecule has 0 radical (unpaired) electrons. The van der Waals surface area contributed by atoms with Crippen molar-refractivity contribution in [1.82, 2.24) is 5.32 Å². The highest BCUT2D eigenvalue weighted by Crippen LogP contribution is 2.28. The molecule has 9 heteroatoms. The maximum Gasteiger partial charge on any atom is 0.261 e. The Morgan fingerprint density at radius 1 is 1.03 bits per heavy atom. The number of anilines is 1. The van der Waals surface area contributed by atoms with E-state index >= 15 is 0 Å². The second kappa shape index (κ2) is 11.7. The lowest BCUT2D eigenvalue weighted by molar-refractivity contribution is -0.123. The molecule has 0 spiro atoms. The third kappa shape index (κ3) is 7.42. The highest BCUT2D eigenvalue weighted by atomic mass is 35.5. The maximum atomic E-state index is 12.6. The topological polar surface area (TPSA) is 93.7 Å². The Morgan fingerprint density at radius 3 is 2.40 bits per heavy atom. The Morgan fingerprint density at radius 2 is 1.77 bits per heavy atom. The predicted molar refractivity (Wildman–Crippen MR) is 118 cm³/mol. The number of nitrogens with one attached hydrogen (secondary N) is 2. The molecule has 0 unspecified atom stereocenters. The van der Waals surface area contributed by atoms with Crippen LogP contribution in [-0.4, -0.2) is 34.1 Å². The van der Waals surface area contributed by atoms with E-state index in [1.54, 1.807) is 24.3 Å². The van der Waals surface area contributed by atoms with Gasteiger partial charge in [-0.1, -0.05) is 31.4 Å². The van der Waals surface area contributed by atoms with Crippen LogP contribution in [0.4, 0.5) is 5.69 Å². The Bertz CT molecular complexity index is 933. The van der Waals surface area contributed by atoms with Crippen molar-refractivity contribution in [2.75, 3.05) is 24.5 Å². The predicted octanol–water partition coefficient (Wildman–Crippen LogP) is 4.22. The number of hydrogen-bond donors (Lipinski definition) is 2. The van der Waals surface area contributed by atoms with E-state index in [4.69, 9.17) is 21.1 Å². The van der Waals surface area contributed by atoms with Crippen LogP contribution in [0.15, 0.2) is 47.4 Å². The Hall–Kier alpha value is -2.45. The SMILES string of the molecule is CCCCCNC(=O)COc1ccc(S(=O)(=O)Nc2ccc(OCC)cc2)cc1Cl. The number of rotatable bonds is 12. The van der Waals surface area contributed by atoms with Gasteiger partial charge in [-0.05, 0) is 55.8 Å². The molecule has 30 heavy (non-hydrogen) atoms. The van der Waals surface area contributed by atoms with E-state index in [0.29, 0.717) is 24.6 Å². The van der Waals surface area contributed by atoms with Crippen LogP contribution in [0.5, 0.6) is 11.5 Å². The monoisotopic (exact) mass is 454 g/mol. The minimum Gasteiger partial charge on any atom is -0.494 e. The van der Waals surface area contributed by atoms with Gasteiger partial charge in [-0.2, -0.15) is 0 Å². The van der Waals surface area contributed by atoms with E-state index in [9.17, 15) is 13.2 Å². The lowest BCUT2D eigenvalue weighted by Crippen LogP contribution is -2.29. The van der Waals surface area contributed by atoms with Gasteiger partial charge >= 0.3 is 0 Å². The number of halogens is 1. The largest absolute Gasteiger partial charge is 0.494 e. The second-order valence-electron chi connectivity index (χ2n) is 6.50. The second-order valence-corrected chi connectivity index (χ2v) is 8.59. The molecule has 0 bridgehead atoms. The first kappa shape index (κ1) is 23.8. The molecule has 2 aromatic carbocycles. The highest BCUT2D eigenvalue weighted by molar-refractivity contribution is 7.92. The van der Waals surface area contributed by atoms with Crippen LogP contribution < -0.4 is 19.5 Å². The van der Waals surface area contributed by atoms with Crippen LogP contribution in [0.1, 0.15) is 33.1 Å². The van der Waals surface area contributed by atoms with Gasteiger partial charge in [-0.3, -0.25) is 9.52 Å². The fraction of sp³-hybridized carbons (Fsp3) is 0.381. The molecule has 164 valence electrons. The zero-order valence-corrected chi connectivity index (χ0v) is 18.7. The molecular formula is C21H27ClN2O5S. The first-order valence-electron chi connectivity index (χ1n) is 9.80. The molecule has 2 N–H and O–H groups in total. The molecule has 1 amide bonds. The first-order chi connectivity index (χ1) is 14.4. The summed E-state index contributed by atoms with van der Waals surface area (Å²) in [5, 5.41) is 2.86. The molecule has 0 saturated carbocycles. The Kier molecular flexibility index (Phi) is 9.26. The number of ether oxygens (including phenoxy) is 2. The quantitative estimate of drug-likeness (QED) is 0.468. The van der Waals surface area contributed by atoms with Gasteiger partial charge in [0.15, 0.2) is 6.61 Å². The summed E-state index contributed by atoms with van der Waals surface area (Å²) >= 11 is 6.16. The molecule has 0 aromatic heterocycles. The number of sulfonamides is 1. The Balaban J connectivity index is 1.96. The van der Waals surface area contributed by atoms with Crippen molar-refractivity contribution in [2.24, 2.45) is 0 Å². The summed E-state index contributed by atoms with van der Waals surface area (Å²) < 4.78 is 38.4. The number of unbranched alkanes of at least 4 members (excludes halogenated alkanes) is 2. The van der Waals surface area contributed by atoms with Crippen LogP contribution in [0.2, 0.25) is 5.02 Å². The van der Waals surface area contributed by atoms with Crippen LogP contribution in [-0.2, 0) is 14.8 Å². The zero-order chi connectivity index (χ0) is 22.0. The van der Waals surface area contributed by atoms with E-state index in [2.05, 4.69) is 17.0 Å². The van der Waals surface area contributed by atoms with Crippen LogP contribution in [0.3, 0.4) is 0 Å². The highest BCUT2D eigenvalue weighted by Gasteiger charge is 2.17. The van der Waals surface area contributed by atoms with E-state index in [0.717, 1.165) is 19.3 Å². The molecule has 0 atom stereocenters. The molecule has 2 rings (SSSR count). The van der Waals surface area contributed by atoms with Crippen LogP contribution in [0.25, 0.3) is 0 Å². The number of carbonyl (C=O) groups is 1. The molecule has 0 heterocycles. The molecule has 0 aliphatic rings. The molecule has 0 aliphatic heterocycles. The van der Waals surface area contributed by atoms with Gasteiger partial charge in [-0.15, -0.1) is 0 Å². The molecule has 0 aliphatic carbocycles. The van der Waals surface area contributed by atoms with Gasteiger partial charge in [0.25, 0.3) is 15.9 Å². The average molecular weight is 455 g/mol. The van der Waals surface area contributed by atoms with Crippen molar-refractivity contribution >= 4 is 33.2 Å². The summed E-state index contributed by atoms with van der Waals surface area (Å²) in [6.45, 7) is 4.89. The first-order valence-corrected chi connectivity index (χ1v) is 11.7. The summed E-state index contributed by atoms with van der Waals surface area (Å²) in [7, 11) is -3.84.